The Balaban J connectivity index is 0.000000830. The van der Waals surface area contributed by atoms with Crippen molar-refractivity contribution in [1.82, 2.24) is 0 Å². The van der Waals surface area contributed by atoms with E-state index in [0.717, 1.165) is 19.3 Å². The van der Waals surface area contributed by atoms with Gasteiger partial charge in [-0.2, -0.15) is 0 Å². The Morgan fingerprint density at radius 2 is 1.00 bits per heavy atom. The monoisotopic (exact) mass is 270 g/mol. The van der Waals surface area contributed by atoms with E-state index in [1.807, 2.05) is 0 Å². The van der Waals surface area contributed by atoms with Crippen molar-refractivity contribution in [3.05, 3.63) is 71.3 Å². The van der Waals surface area contributed by atoms with Crippen LogP contribution >= 0.6 is 0 Å². The highest BCUT2D eigenvalue weighted by Crippen LogP contribution is 2.09. The average Bonchev–Trinajstić information content (AvgIpc) is 2.47. The van der Waals surface area contributed by atoms with Crippen LogP contribution in [0, 0.1) is 0 Å². The number of hydrogen-bond donors (Lipinski definition) is 0. The van der Waals surface area contributed by atoms with Crippen LogP contribution in [-0.4, -0.2) is 0 Å². The molecule has 0 bridgehead atoms. The van der Waals surface area contributed by atoms with Gasteiger partial charge in [-0.1, -0.05) is 89.2 Å². The molecular formula is C20H30. The van der Waals surface area contributed by atoms with Crippen LogP contribution in [0.3, 0.4) is 0 Å². The van der Waals surface area contributed by atoms with E-state index in [9.17, 15) is 0 Å². The van der Waals surface area contributed by atoms with Crippen molar-refractivity contribution in [2.75, 3.05) is 0 Å². The van der Waals surface area contributed by atoms with Gasteiger partial charge in [-0.25, -0.2) is 0 Å². The molecule has 2 aromatic carbocycles. The minimum absolute atomic E-state index is 0. The molecule has 0 amide bonds. The number of benzene rings is 2. The molecule has 0 atom stereocenters. The van der Waals surface area contributed by atoms with Gasteiger partial charge >= 0.3 is 0 Å². The lowest BCUT2D eigenvalue weighted by Crippen LogP contribution is -1.91. The summed E-state index contributed by atoms with van der Waals surface area (Å²) in [5.41, 5.74) is 4.27. The third-order valence-corrected chi connectivity index (χ3v) is 2.98. The molecule has 0 fully saturated rings. The van der Waals surface area contributed by atoms with Crippen LogP contribution in [0.2, 0.25) is 0 Å². The minimum Gasteiger partial charge on any atom is -0.0776 e. The topological polar surface area (TPSA) is 0 Å². The maximum absolute atomic E-state index is 2.25. The highest BCUT2D eigenvalue weighted by Gasteiger charge is 1.95. The van der Waals surface area contributed by atoms with Crippen LogP contribution in [0.4, 0.5) is 0 Å². The largest absolute Gasteiger partial charge is 0.0776 e. The fourth-order valence-electron chi connectivity index (χ4n) is 1.87. The summed E-state index contributed by atoms with van der Waals surface area (Å²) < 4.78 is 0. The first-order valence-corrected chi connectivity index (χ1v) is 7.41. The molecule has 20 heavy (non-hydrogen) atoms. The summed E-state index contributed by atoms with van der Waals surface area (Å²) in [4.78, 5) is 0. The lowest BCUT2D eigenvalue weighted by molar-refractivity contribution is 0.957. The normalized spacial score (nSPS) is 9.15. The third-order valence-electron chi connectivity index (χ3n) is 2.98. The SMILES string of the molecule is C.CCC.CCc1ccc(CCc2ccccc2)cc1. The maximum Gasteiger partial charge on any atom is -0.0238 e. The van der Waals surface area contributed by atoms with Gasteiger partial charge in [0.25, 0.3) is 0 Å². The zero-order chi connectivity index (χ0) is 13.9. The summed E-state index contributed by atoms with van der Waals surface area (Å²) >= 11 is 0. The molecule has 0 heterocycles. The van der Waals surface area contributed by atoms with Crippen molar-refractivity contribution in [3.63, 3.8) is 0 Å². The Morgan fingerprint density at radius 3 is 1.45 bits per heavy atom. The Kier molecular flexibility index (Phi) is 10.4. The summed E-state index contributed by atoms with van der Waals surface area (Å²) in [5.74, 6) is 0. The van der Waals surface area contributed by atoms with Gasteiger partial charge < -0.3 is 0 Å². The van der Waals surface area contributed by atoms with Gasteiger partial charge in [0, 0.05) is 0 Å². The van der Waals surface area contributed by atoms with Crippen molar-refractivity contribution in [2.45, 2.75) is 53.9 Å². The smallest absolute Gasteiger partial charge is 0.0238 e. The van der Waals surface area contributed by atoms with Crippen molar-refractivity contribution in [2.24, 2.45) is 0 Å². The molecule has 0 nitrogen and oxygen atoms in total. The van der Waals surface area contributed by atoms with Gasteiger partial charge in [-0.15, -0.1) is 0 Å². The van der Waals surface area contributed by atoms with Crippen molar-refractivity contribution in [3.8, 4) is 0 Å². The molecule has 0 radical (unpaired) electrons. The van der Waals surface area contributed by atoms with E-state index in [1.165, 1.54) is 23.1 Å². The van der Waals surface area contributed by atoms with Gasteiger partial charge in [-0.05, 0) is 36.0 Å². The molecule has 0 aliphatic carbocycles. The molecule has 0 aliphatic heterocycles. The Bertz CT molecular complexity index is 425. The second kappa shape index (κ2) is 11.3. The Labute approximate surface area is 125 Å². The van der Waals surface area contributed by atoms with Crippen LogP contribution < -0.4 is 0 Å². The quantitative estimate of drug-likeness (QED) is 0.631. The van der Waals surface area contributed by atoms with E-state index in [0.29, 0.717) is 0 Å². The first kappa shape index (κ1) is 18.4. The molecule has 0 aliphatic rings. The molecular weight excluding hydrogens is 240 g/mol. The van der Waals surface area contributed by atoms with E-state index in [-0.39, 0.29) is 7.43 Å². The fourth-order valence-corrected chi connectivity index (χ4v) is 1.87. The summed E-state index contributed by atoms with van der Waals surface area (Å²) in [6.45, 7) is 6.44. The zero-order valence-corrected chi connectivity index (χ0v) is 12.5. The first-order chi connectivity index (χ1) is 9.30. The van der Waals surface area contributed by atoms with Gasteiger partial charge in [-0.3, -0.25) is 0 Å². The van der Waals surface area contributed by atoms with E-state index in [1.54, 1.807) is 0 Å². The molecule has 2 rings (SSSR count). The van der Waals surface area contributed by atoms with Crippen molar-refractivity contribution < 1.29 is 0 Å². The van der Waals surface area contributed by atoms with Crippen LogP contribution in [0.1, 0.15) is 51.3 Å². The van der Waals surface area contributed by atoms with Crippen LogP contribution in [0.15, 0.2) is 54.6 Å². The maximum atomic E-state index is 2.25. The lowest BCUT2D eigenvalue weighted by atomic mass is 10.0. The molecule has 0 saturated heterocycles. The fraction of sp³-hybridized carbons (Fsp3) is 0.400. The molecule has 110 valence electrons. The van der Waals surface area contributed by atoms with E-state index >= 15 is 0 Å². The molecule has 0 saturated carbocycles. The number of rotatable bonds is 4. The van der Waals surface area contributed by atoms with Gasteiger partial charge in [0.2, 0.25) is 0 Å². The highest BCUT2D eigenvalue weighted by molar-refractivity contribution is 5.24. The van der Waals surface area contributed by atoms with Crippen molar-refractivity contribution >= 4 is 0 Å². The summed E-state index contributed by atoms with van der Waals surface area (Å²) in [6, 6.07) is 19.6. The Morgan fingerprint density at radius 1 is 0.600 bits per heavy atom. The number of aryl methyl sites for hydroxylation is 3. The van der Waals surface area contributed by atoms with Crippen molar-refractivity contribution in [1.29, 1.82) is 0 Å². The minimum atomic E-state index is 0. The molecule has 0 N–H and O–H groups in total. The third kappa shape index (κ3) is 7.13. The van der Waals surface area contributed by atoms with Crippen LogP contribution in [0.25, 0.3) is 0 Å². The summed E-state index contributed by atoms with van der Waals surface area (Å²) in [7, 11) is 0. The second-order valence-corrected chi connectivity index (χ2v) is 4.86. The first-order valence-electron chi connectivity index (χ1n) is 7.41. The van der Waals surface area contributed by atoms with E-state index in [2.05, 4.69) is 75.4 Å². The molecule has 0 heteroatoms. The molecule has 0 aromatic heterocycles. The Hall–Kier alpha value is -1.56. The predicted octanol–water partition coefficient (Wildman–Crippen LogP) is 6.09. The van der Waals surface area contributed by atoms with Gasteiger partial charge in [0.15, 0.2) is 0 Å². The summed E-state index contributed by atoms with van der Waals surface area (Å²) in [5, 5.41) is 0. The van der Waals surface area contributed by atoms with Gasteiger partial charge in [0.1, 0.15) is 0 Å². The standard InChI is InChI=1S/C16H18.C3H8.CH4/c1-2-14-8-10-16(11-9-14)13-12-15-6-4-3-5-7-15;1-3-2;/h3-11H,2,12-13H2,1H3;3H2,1-2H3;1H4. The van der Waals surface area contributed by atoms with E-state index < -0.39 is 0 Å². The second-order valence-electron chi connectivity index (χ2n) is 4.86. The molecule has 2 aromatic rings. The molecule has 0 unspecified atom stereocenters. The number of hydrogen-bond acceptors (Lipinski definition) is 0. The van der Waals surface area contributed by atoms with Crippen LogP contribution in [-0.2, 0) is 19.3 Å². The zero-order valence-electron chi connectivity index (χ0n) is 12.5. The predicted molar refractivity (Wildman–Crippen MR) is 92.4 cm³/mol. The van der Waals surface area contributed by atoms with Crippen LogP contribution in [0.5, 0.6) is 0 Å². The lowest BCUT2D eigenvalue weighted by Gasteiger charge is -2.03. The highest BCUT2D eigenvalue weighted by atomic mass is 14.0. The van der Waals surface area contributed by atoms with E-state index in [4.69, 9.17) is 0 Å². The van der Waals surface area contributed by atoms with Gasteiger partial charge in [0.05, 0.1) is 0 Å². The molecule has 0 spiro atoms. The summed E-state index contributed by atoms with van der Waals surface area (Å²) in [6.07, 6.45) is 4.64. The average molecular weight is 270 g/mol.